The Labute approximate surface area is 292 Å². The van der Waals surface area contributed by atoms with E-state index < -0.39 is 24.3 Å². The predicted molar refractivity (Wildman–Crippen MR) is 186 cm³/mol. The molecule has 0 saturated carbocycles. The molecule has 50 heavy (non-hydrogen) atoms. The molecule has 4 atom stereocenters. The number of aromatic nitrogens is 4. The minimum atomic E-state index is -0.716. The lowest BCUT2D eigenvalue weighted by molar-refractivity contribution is -0.124. The predicted octanol–water partition coefficient (Wildman–Crippen LogP) is 3.43. The number of carbonyl (C=O) groups is 4. The molecule has 0 aliphatic rings. The lowest BCUT2D eigenvalue weighted by Crippen LogP contribution is -2.50. The minimum Gasteiger partial charge on any atom is -0.481 e. The first-order chi connectivity index (χ1) is 23.8. The van der Waals surface area contributed by atoms with Gasteiger partial charge in [-0.3, -0.25) is 9.59 Å². The van der Waals surface area contributed by atoms with E-state index in [0.717, 1.165) is 11.3 Å². The molecule has 0 aliphatic heterocycles. The second-order valence-corrected chi connectivity index (χ2v) is 12.4. The number of aromatic amines is 2. The van der Waals surface area contributed by atoms with Gasteiger partial charge in [-0.25, -0.2) is 19.6 Å². The number of benzene rings is 1. The highest BCUT2D eigenvalue weighted by Gasteiger charge is 2.26. The van der Waals surface area contributed by atoms with Crippen LogP contribution < -0.4 is 26.0 Å². The summed E-state index contributed by atoms with van der Waals surface area (Å²) < 4.78 is 15.0. The van der Waals surface area contributed by atoms with Crippen molar-refractivity contribution in [2.24, 2.45) is 11.8 Å². The van der Waals surface area contributed by atoms with E-state index in [1.54, 1.807) is 12.4 Å². The van der Waals surface area contributed by atoms with E-state index in [-0.39, 0.29) is 48.6 Å². The van der Waals surface area contributed by atoms with Gasteiger partial charge in [-0.15, -0.1) is 0 Å². The summed E-state index contributed by atoms with van der Waals surface area (Å²) in [5.41, 5.74) is 2.33. The number of nitrogens with zero attached hydrogens (tertiary/aromatic N) is 2. The Bertz CT molecular complexity index is 1640. The molecule has 2 aromatic heterocycles. The largest absolute Gasteiger partial charge is 0.481 e. The van der Waals surface area contributed by atoms with Crippen LogP contribution in [0, 0.1) is 23.7 Å². The number of imidazole rings is 2. The first-order valence-corrected chi connectivity index (χ1v) is 16.4. The van der Waals surface area contributed by atoms with Gasteiger partial charge in [0.15, 0.2) is 5.78 Å². The second-order valence-electron chi connectivity index (χ2n) is 12.4. The van der Waals surface area contributed by atoms with E-state index in [1.807, 2.05) is 65.8 Å². The Hall–Kier alpha value is -5.36. The van der Waals surface area contributed by atoms with Gasteiger partial charge in [-0.05, 0) is 54.5 Å². The number of methoxy groups -OCH3 is 2. The van der Waals surface area contributed by atoms with E-state index in [4.69, 9.17) is 4.74 Å². The molecule has 3 rings (SSSR count). The molecule has 3 aromatic rings. The molecule has 2 heterocycles. The molecule has 0 spiro atoms. The van der Waals surface area contributed by atoms with Crippen molar-refractivity contribution in [2.45, 2.75) is 65.6 Å². The number of nitrogens with one attached hydrogen (secondary N) is 6. The van der Waals surface area contributed by atoms with Crippen LogP contribution in [0.4, 0.5) is 9.59 Å². The Morgan fingerprint density at radius 1 is 0.820 bits per heavy atom. The molecular formula is C35H48N8O7. The molecule has 270 valence electrons. The third-order valence-corrected chi connectivity index (χ3v) is 7.81. The van der Waals surface area contributed by atoms with E-state index in [2.05, 4.69) is 62.5 Å². The zero-order valence-corrected chi connectivity index (χ0v) is 29.8. The Morgan fingerprint density at radius 2 is 1.44 bits per heavy atom. The molecule has 0 unspecified atom stereocenters. The van der Waals surface area contributed by atoms with Gasteiger partial charge in [0.05, 0.1) is 50.9 Å². The molecule has 0 bridgehead atoms. The second kappa shape index (κ2) is 19.0. The molecule has 0 aliphatic carbocycles. The molecule has 0 saturated heterocycles. The van der Waals surface area contributed by atoms with Crippen LogP contribution in [0.15, 0.2) is 36.7 Å². The molecule has 6 N–H and O–H groups in total. The fourth-order valence-corrected chi connectivity index (χ4v) is 4.78. The highest BCUT2D eigenvalue weighted by atomic mass is 16.5. The van der Waals surface area contributed by atoms with Crippen molar-refractivity contribution in [3.63, 3.8) is 0 Å². The maximum absolute atomic E-state index is 12.7. The maximum atomic E-state index is 12.7. The Morgan fingerprint density at radius 3 is 2.06 bits per heavy atom. The van der Waals surface area contributed by atoms with Crippen LogP contribution in [0.3, 0.4) is 0 Å². The third kappa shape index (κ3) is 11.7. The number of carbonyl (C=O) groups excluding carboxylic acids is 4. The Kier molecular flexibility index (Phi) is 14.8. The molecule has 15 heteroatoms. The van der Waals surface area contributed by atoms with Crippen molar-refractivity contribution in [1.29, 1.82) is 0 Å². The van der Waals surface area contributed by atoms with Gasteiger partial charge in [0.25, 0.3) is 0 Å². The number of amides is 3. The maximum Gasteiger partial charge on any atom is 0.407 e. The lowest BCUT2D eigenvalue weighted by atomic mass is 10.00. The molecular weight excluding hydrogens is 644 g/mol. The van der Waals surface area contributed by atoms with Crippen molar-refractivity contribution in [1.82, 2.24) is 41.2 Å². The van der Waals surface area contributed by atoms with Crippen molar-refractivity contribution < 1.29 is 33.4 Å². The zero-order chi connectivity index (χ0) is 36.8. The summed E-state index contributed by atoms with van der Waals surface area (Å²) in [7, 11) is 2.51. The number of H-pyrrole nitrogens is 2. The van der Waals surface area contributed by atoms with Gasteiger partial charge >= 0.3 is 12.2 Å². The van der Waals surface area contributed by atoms with Gasteiger partial charge in [0.1, 0.15) is 35.7 Å². The van der Waals surface area contributed by atoms with Crippen molar-refractivity contribution >= 4 is 23.9 Å². The first kappa shape index (κ1) is 39.1. The van der Waals surface area contributed by atoms with Gasteiger partial charge in [0, 0.05) is 12.5 Å². The fraction of sp³-hybridized carbons (Fsp3) is 0.486. The molecule has 1 aromatic carbocycles. The SMILES string of the molecule is COC(=O)N[C@H](C(=O)CN[C@@H](C)c1ncc(-c2ccc(OCC#Cc3cnc([C@@H](C)CNC(=O)[C@@H](NC(=O)OC)C(C)C)[nH]3)cc2)[nH]1)C(C)C. The minimum absolute atomic E-state index is 0.0527. The highest BCUT2D eigenvalue weighted by Crippen LogP contribution is 2.22. The van der Waals surface area contributed by atoms with E-state index in [9.17, 15) is 19.2 Å². The molecule has 15 nitrogen and oxygen atoms in total. The number of hydrogen-bond acceptors (Lipinski definition) is 10. The van der Waals surface area contributed by atoms with E-state index in [1.165, 1.54) is 14.2 Å². The number of alkyl carbamates (subject to hydrolysis) is 2. The normalized spacial score (nSPS) is 13.3. The van der Waals surface area contributed by atoms with Gasteiger partial charge in [0.2, 0.25) is 5.91 Å². The monoisotopic (exact) mass is 692 g/mol. The number of rotatable bonds is 16. The van der Waals surface area contributed by atoms with Gasteiger partial charge in [-0.2, -0.15) is 0 Å². The summed E-state index contributed by atoms with van der Waals surface area (Å²) >= 11 is 0. The molecule has 0 radical (unpaired) electrons. The number of hydrogen-bond donors (Lipinski definition) is 6. The summed E-state index contributed by atoms with van der Waals surface area (Å²) in [6, 6.07) is 5.87. The highest BCUT2D eigenvalue weighted by molar-refractivity contribution is 5.89. The molecule has 0 fully saturated rings. The first-order valence-electron chi connectivity index (χ1n) is 16.4. The van der Waals surface area contributed by atoms with Crippen molar-refractivity contribution in [3.05, 3.63) is 54.0 Å². The van der Waals surface area contributed by atoms with Crippen molar-refractivity contribution in [3.8, 4) is 28.8 Å². The quantitative estimate of drug-likeness (QED) is 0.121. The summed E-state index contributed by atoms with van der Waals surface area (Å²) in [5, 5.41) is 11.2. The Balaban J connectivity index is 1.46. The standard InChI is InChI=1S/C35H48N8O7/c1-20(2)29(42-34(46)48-7)28(44)19-36-23(6)32-38-18-27(41-32)24-11-13-26(14-12-24)50-15-9-10-25-17-37-31(40-25)22(5)16-39-33(45)30(21(3)4)43-35(47)49-8/h11-14,17-18,20-23,29-30,36H,15-16,19H2,1-8H3,(H,37,40)(H,38,41)(H,39,45)(H,42,46)(H,43,47)/t22-,23-,29-,30-/m0/s1. The van der Waals surface area contributed by atoms with Crippen LogP contribution in [0.25, 0.3) is 11.3 Å². The average molecular weight is 693 g/mol. The van der Waals surface area contributed by atoms with Crippen LogP contribution in [0.5, 0.6) is 5.75 Å². The van der Waals surface area contributed by atoms with Crippen LogP contribution in [0.1, 0.15) is 70.8 Å². The number of Topliss-reactive ketones (excluding diaryl/α,β-unsaturated/α-hetero) is 1. The topological polar surface area (TPSA) is 201 Å². The van der Waals surface area contributed by atoms with E-state index >= 15 is 0 Å². The van der Waals surface area contributed by atoms with Crippen LogP contribution >= 0.6 is 0 Å². The summed E-state index contributed by atoms with van der Waals surface area (Å²) in [6.07, 6.45) is 2.05. The lowest BCUT2D eigenvalue weighted by Gasteiger charge is -2.21. The average Bonchev–Trinajstić information content (AvgIpc) is 3.79. The number of ether oxygens (including phenoxy) is 3. The van der Waals surface area contributed by atoms with Gasteiger partial charge in [-0.1, -0.05) is 40.5 Å². The summed E-state index contributed by atoms with van der Waals surface area (Å²) in [4.78, 5) is 63.8. The third-order valence-electron chi connectivity index (χ3n) is 7.81. The van der Waals surface area contributed by atoms with E-state index in [0.29, 0.717) is 29.6 Å². The van der Waals surface area contributed by atoms with Gasteiger partial charge < -0.3 is 45.4 Å². The summed E-state index contributed by atoms with van der Waals surface area (Å²) in [6.45, 7) is 11.7. The smallest absolute Gasteiger partial charge is 0.407 e. The summed E-state index contributed by atoms with van der Waals surface area (Å²) in [5.74, 6) is 7.16. The fourth-order valence-electron chi connectivity index (χ4n) is 4.78. The van der Waals surface area contributed by atoms with Crippen molar-refractivity contribution in [2.75, 3.05) is 33.9 Å². The van der Waals surface area contributed by atoms with Crippen LogP contribution in [0.2, 0.25) is 0 Å². The zero-order valence-electron chi connectivity index (χ0n) is 29.8. The molecule has 3 amide bonds. The van der Waals surface area contributed by atoms with Crippen LogP contribution in [-0.2, 0) is 19.1 Å². The van der Waals surface area contributed by atoms with Crippen LogP contribution in [-0.4, -0.2) is 89.8 Å². The number of ketones is 1.